The second-order valence-electron chi connectivity index (χ2n) is 27.3. The Labute approximate surface area is 548 Å². The molecule has 1 amide bonds. The van der Waals surface area contributed by atoms with Crippen molar-refractivity contribution in [3.63, 3.8) is 0 Å². The van der Waals surface area contributed by atoms with Gasteiger partial charge in [-0.3, -0.25) is 18.9 Å². The van der Waals surface area contributed by atoms with Gasteiger partial charge in [-0.05, 0) is 69.6 Å². The third-order valence-electron chi connectivity index (χ3n) is 17.8. The highest BCUT2D eigenvalue weighted by atomic mass is 31.2. The number of benzene rings is 2. The number of likely N-dealkylation sites (N-methyl/N-ethyl adjacent to an activating group) is 1. The number of para-hydroxylation sites is 2. The van der Waals surface area contributed by atoms with Crippen LogP contribution in [-0.4, -0.2) is 133 Å². The summed E-state index contributed by atoms with van der Waals surface area (Å²) in [5, 5.41) is 3.21. The van der Waals surface area contributed by atoms with Gasteiger partial charge in [-0.25, -0.2) is 4.57 Å². The van der Waals surface area contributed by atoms with Crippen molar-refractivity contribution < 1.29 is 56.2 Å². The smallest absolute Gasteiger partial charge is 0.463 e. The highest BCUT2D eigenvalue weighted by Crippen LogP contribution is 2.52. The molecule has 0 radical (unpaired) electrons. The first-order valence-corrected chi connectivity index (χ1v) is 41.5. The molecule has 5 atom stereocenters. The number of carbonyl (C=O) groups is 3. The molecule has 0 spiro atoms. The fraction of sp³-hybridized carbons (Fsp3) is 0.795. The van der Waals surface area contributed by atoms with Gasteiger partial charge >= 0.3 is 19.8 Å². The first-order chi connectivity index (χ1) is 43.7. The molecule has 2 aromatic rings. The maximum absolute atomic E-state index is 15.6. The Morgan fingerprint density at radius 3 is 1.56 bits per heavy atom. The maximum atomic E-state index is 15.6. The summed E-state index contributed by atoms with van der Waals surface area (Å²) < 4.78 is 66.8. The van der Waals surface area contributed by atoms with E-state index in [1.54, 1.807) is 48.5 Å². The quantitative estimate of drug-likeness (QED) is 0.0219. The Hall–Kier alpha value is -3.34. The van der Waals surface area contributed by atoms with E-state index >= 15 is 9.36 Å². The molecule has 2 aliphatic rings. The molecule has 2 aromatic carbocycles. The number of phosphoric acid groups is 1. The van der Waals surface area contributed by atoms with Crippen LogP contribution in [0.2, 0.25) is 25.7 Å². The zero-order chi connectivity index (χ0) is 64.8. The highest BCUT2D eigenvalue weighted by molar-refractivity contribution is 7.49. The largest absolute Gasteiger partial charge is 0.588 e. The number of nitrogens with one attached hydrogen (secondary N) is 1. The average molecular weight is 1300 g/mol. The van der Waals surface area contributed by atoms with E-state index < -0.39 is 64.2 Å². The molecule has 2 heterocycles. The first-order valence-electron chi connectivity index (χ1n) is 36.4. The number of carbonyl (C=O) groups excluding carboxylic acids is 3. The molecule has 0 aromatic heterocycles. The summed E-state index contributed by atoms with van der Waals surface area (Å²) in [6, 6.07) is 17.3. The van der Waals surface area contributed by atoms with E-state index in [0.717, 1.165) is 96.6 Å². The predicted molar refractivity (Wildman–Crippen MR) is 369 cm³/mol. The van der Waals surface area contributed by atoms with Gasteiger partial charge in [-0.1, -0.05) is 263 Å². The summed E-state index contributed by atoms with van der Waals surface area (Å²) in [5.74, 6) is -1.17. The number of ether oxygens (including phenoxy) is 5. The lowest BCUT2D eigenvalue weighted by Crippen LogP contribution is -2.62. The van der Waals surface area contributed by atoms with Gasteiger partial charge in [0.15, 0.2) is 6.10 Å². The standard InChI is InChI=1S/C73H128N3O12PSi/c1-8-11-14-17-20-23-26-28-31-36-44-63(45-37-32-29-27-24-21-18-15-12-9-2)73(79)85-71-67(74-69(77)59-66(84-62-81-57-58-90(5,6)7)50-38-33-30-25-22-19-16-13-10-3)60-82-68(61-83-70(78)51-43-52-76-55-53-75(4)54-56-76)72(71)88-89(80,86-64-46-39-34-40-47-64)87-65-48-41-35-42-49-65/h34-35,39-42,46-49,63,66-68,71-72H,8-33,36-38,43-45,50-62H2,1-7H3,(H,74,77)/t66-,67+,68-,71-,72-/m1/s1. The van der Waals surface area contributed by atoms with Crippen LogP contribution in [0, 0.1) is 5.92 Å². The maximum Gasteiger partial charge on any atom is 0.588 e. The lowest BCUT2D eigenvalue weighted by Gasteiger charge is -2.42. The van der Waals surface area contributed by atoms with Crippen LogP contribution < -0.4 is 14.4 Å². The fourth-order valence-electron chi connectivity index (χ4n) is 11.9. The van der Waals surface area contributed by atoms with Gasteiger partial charge in [0.25, 0.3) is 0 Å². The minimum Gasteiger partial charge on any atom is -0.463 e. The number of unbranched alkanes of at least 4 members (excludes halogenated alkanes) is 26. The summed E-state index contributed by atoms with van der Waals surface area (Å²) in [6.07, 6.45) is 32.7. The van der Waals surface area contributed by atoms with Gasteiger partial charge in [-0.15, -0.1) is 0 Å². The summed E-state index contributed by atoms with van der Waals surface area (Å²) in [4.78, 5) is 48.5. The minimum absolute atomic E-state index is 0.0269. The van der Waals surface area contributed by atoms with E-state index in [0.29, 0.717) is 32.3 Å². The molecule has 1 N–H and O–H groups in total. The average Bonchev–Trinajstić information content (AvgIpc) is 0.950. The van der Waals surface area contributed by atoms with Gasteiger partial charge in [0.2, 0.25) is 5.91 Å². The lowest BCUT2D eigenvalue weighted by molar-refractivity contribution is -0.195. The molecule has 0 aliphatic carbocycles. The zero-order valence-corrected chi connectivity index (χ0v) is 59.7. The van der Waals surface area contributed by atoms with Crippen LogP contribution in [0.15, 0.2) is 60.7 Å². The Balaban J connectivity index is 1.68. The highest BCUT2D eigenvalue weighted by Gasteiger charge is 2.51. The Kier molecular flexibility index (Phi) is 43.3. The Morgan fingerprint density at radius 1 is 0.611 bits per heavy atom. The molecular formula is C73H128N3O12PSi. The summed E-state index contributed by atoms with van der Waals surface area (Å²) in [5.41, 5.74) is 0. The van der Waals surface area contributed by atoms with Crippen molar-refractivity contribution in [1.29, 1.82) is 0 Å². The van der Waals surface area contributed by atoms with E-state index in [2.05, 4.69) is 62.6 Å². The molecular weight excluding hydrogens is 1170 g/mol. The monoisotopic (exact) mass is 1300 g/mol. The number of amides is 1. The number of phosphoric ester groups is 1. The van der Waals surface area contributed by atoms with E-state index in [1.165, 1.54) is 128 Å². The van der Waals surface area contributed by atoms with Crippen molar-refractivity contribution in [2.45, 2.75) is 302 Å². The van der Waals surface area contributed by atoms with Crippen molar-refractivity contribution >= 4 is 33.7 Å². The molecule has 0 bridgehead atoms. The first kappa shape index (κ1) is 79.1. The van der Waals surface area contributed by atoms with E-state index in [9.17, 15) is 9.59 Å². The van der Waals surface area contributed by atoms with Crippen molar-refractivity contribution in [2.75, 3.05) is 66.4 Å². The number of nitrogens with zero attached hydrogens (tertiary/aromatic N) is 2. The van der Waals surface area contributed by atoms with Gasteiger partial charge < -0.3 is 47.8 Å². The summed E-state index contributed by atoms with van der Waals surface area (Å²) in [7, 11) is -3.97. The molecule has 2 saturated heterocycles. The van der Waals surface area contributed by atoms with Crippen LogP contribution in [0.1, 0.15) is 245 Å². The van der Waals surface area contributed by atoms with Crippen molar-refractivity contribution in [3.05, 3.63) is 60.7 Å². The van der Waals surface area contributed by atoms with Crippen LogP contribution in [-0.2, 0) is 47.2 Å². The number of piperazine rings is 1. The van der Waals surface area contributed by atoms with Gasteiger partial charge in [0.1, 0.15) is 37.1 Å². The number of hydrogen-bond donors (Lipinski definition) is 1. The van der Waals surface area contributed by atoms with Crippen molar-refractivity contribution in [2.24, 2.45) is 5.92 Å². The van der Waals surface area contributed by atoms with E-state index in [-0.39, 0.29) is 50.3 Å². The molecule has 2 fully saturated rings. The minimum atomic E-state index is -4.74. The molecule has 0 unspecified atom stereocenters. The Morgan fingerprint density at radius 2 is 1.08 bits per heavy atom. The van der Waals surface area contributed by atoms with Gasteiger partial charge in [-0.2, -0.15) is 0 Å². The molecule has 516 valence electrons. The van der Waals surface area contributed by atoms with Crippen LogP contribution >= 0.6 is 7.82 Å². The molecule has 15 nitrogen and oxygen atoms in total. The van der Waals surface area contributed by atoms with Gasteiger partial charge in [0, 0.05) is 47.3 Å². The topological polar surface area (TPSA) is 161 Å². The van der Waals surface area contributed by atoms with E-state index in [4.69, 9.17) is 37.3 Å². The van der Waals surface area contributed by atoms with Crippen molar-refractivity contribution in [3.8, 4) is 11.5 Å². The third kappa shape index (κ3) is 37.5. The predicted octanol–water partition coefficient (Wildman–Crippen LogP) is 18.3. The molecule has 0 saturated carbocycles. The number of hydrogen-bond acceptors (Lipinski definition) is 14. The molecule has 2 aliphatic heterocycles. The van der Waals surface area contributed by atoms with E-state index in [1.807, 2.05) is 12.1 Å². The Bertz CT molecular complexity index is 2080. The SMILES string of the molecule is CCCCCCCCCCCCC(CCCCCCCCCCCC)C(=O)O[C@H]1[C@H](OP(=O)(Oc2ccccc2)Oc2ccccc2)[C@@H](COC(=O)CCCN2CCN(C)CC2)OC[C@@H]1NC(=O)C[C@@H](CCCCCCCCCCC)OCOCC[Si](C)(C)C. The van der Waals surface area contributed by atoms with Crippen molar-refractivity contribution in [1.82, 2.24) is 15.1 Å². The second-order valence-corrected chi connectivity index (χ2v) is 34.4. The zero-order valence-electron chi connectivity index (χ0n) is 57.8. The summed E-state index contributed by atoms with van der Waals surface area (Å²) >= 11 is 0. The van der Waals surface area contributed by atoms with Gasteiger partial charge in [0.05, 0.1) is 31.1 Å². The number of rotatable bonds is 55. The molecule has 90 heavy (non-hydrogen) atoms. The molecule has 4 rings (SSSR count). The third-order valence-corrected chi connectivity index (χ3v) is 20.9. The second kappa shape index (κ2) is 49.2. The van der Waals surface area contributed by atoms with Crippen LogP contribution in [0.25, 0.3) is 0 Å². The lowest BCUT2D eigenvalue weighted by atomic mass is 9.93. The van der Waals surface area contributed by atoms with Crippen LogP contribution in [0.3, 0.4) is 0 Å². The summed E-state index contributed by atoms with van der Waals surface area (Å²) in [6.45, 7) is 18.5. The normalized spacial score (nSPS) is 18.0. The molecule has 17 heteroatoms. The van der Waals surface area contributed by atoms with Crippen LogP contribution in [0.4, 0.5) is 0 Å². The fourth-order valence-corrected chi connectivity index (χ4v) is 14.1. The van der Waals surface area contributed by atoms with Crippen LogP contribution in [0.5, 0.6) is 11.5 Å². The number of esters is 2.